The first-order valence-corrected chi connectivity index (χ1v) is 8.33. The van der Waals surface area contributed by atoms with Gasteiger partial charge in [0, 0.05) is 17.7 Å². The van der Waals surface area contributed by atoms with Crippen LogP contribution in [0.25, 0.3) is 0 Å². The number of alkyl halides is 3. The van der Waals surface area contributed by atoms with Gasteiger partial charge < -0.3 is 19.9 Å². The van der Waals surface area contributed by atoms with Crippen molar-refractivity contribution in [1.82, 2.24) is 0 Å². The molecule has 148 valence electrons. The van der Waals surface area contributed by atoms with Crippen molar-refractivity contribution in [2.75, 3.05) is 11.9 Å². The maximum atomic E-state index is 12.5. The van der Waals surface area contributed by atoms with Crippen molar-refractivity contribution >= 4 is 17.6 Å². The number of carboxylic acids is 1. The quantitative estimate of drug-likeness (QED) is 0.745. The number of amides is 1. The summed E-state index contributed by atoms with van der Waals surface area (Å²) in [6.07, 6.45) is -4.40. The molecular weight excluding hydrogens is 379 g/mol. The highest BCUT2D eigenvalue weighted by Crippen LogP contribution is 2.51. The molecule has 2 N–H and O–H groups in total. The number of anilines is 1. The average molecular weight is 395 g/mol. The van der Waals surface area contributed by atoms with E-state index in [1.54, 1.807) is 24.3 Å². The molecule has 28 heavy (non-hydrogen) atoms. The summed E-state index contributed by atoms with van der Waals surface area (Å²) in [5.41, 5.74) is 0.733. The van der Waals surface area contributed by atoms with Gasteiger partial charge in [0.1, 0.15) is 11.5 Å². The molecule has 1 aliphatic carbocycles. The van der Waals surface area contributed by atoms with E-state index in [0.717, 1.165) is 0 Å². The number of benzene rings is 2. The minimum absolute atomic E-state index is 0.275. The van der Waals surface area contributed by atoms with Crippen molar-refractivity contribution in [3.05, 3.63) is 54.1 Å². The molecule has 0 spiro atoms. The highest BCUT2D eigenvalue weighted by molar-refractivity contribution is 5.95. The fraction of sp³-hybridized carbons (Fsp3) is 0.263. The number of carbonyl (C=O) groups excluding carboxylic acids is 1. The summed E-state index contributed by atoms with van der Waals surface area (Å²) in [5, 5.41) is 11.3. The van der Waals surface area contributed by atoms with Crippen molar-refractivity contribution in [2.24, 2.45) is 5.92 Å². The molecule has 0 heterocycles. The topological polar surface area (TPSA) is 84.9 Å². The Balaban J connectivity index is 1.64. The van der Waals surface area contributed by atoms with Gasteiger partial charge in [-0.1, -0.05) is 24.3 Å². The lowest BCUT2D eigenvalue weighted by molar-refractivity contribution is -0.274. The molecule has 0 bridgehead atoms. The van der Waals surface area contributed by atoms with Gasteiger partial charge >= 0.3 is 12.3 Å². The third-order valence-electron chi connectivity index (χ3n) is 4.14. The SMILES string of the molecule is O=C(O)COc1cccc(NC(=O)C2CC2c2ccccc2OC(F)(F)F)c1. The molecule has 2 atom stereocenters. The van der Waals surface area contributed by atoms with E-state index in [0.29, 0.717) is 17.7 Å². The predicted molar refractivity (Wildman–Crippen MR) is 92.2 cm³/mol. The number of nitrogens with one attached hydrogen (secondary N) is 1. The first-order chi connectivity index (χ1) is 13.2. The van der Waals surface area contributed by atoms with E-state index < -0.39 is 24.9 Å². The first kappa shape index (κ1) is 19.5. The van der Waals surface area contributed by atoms with Gasteiger partial charge in [-0.3, -0.25) is 4.79 Å². The largest absolute Gasteiger partial charge is 0.573 e. The lowest BCUT2D eigenvalue weighted by Gasteiger charge is -2.13. The van der Waals surface area contributed by atoms with Gasteiger partial charge in [-0.05, 0) is 36.1 Å². The van der Waals surface area contributed by atoms with Crippen LogP contribution >= 0.6 is 0 Å². The zero-order valence-corrected chi connectivity index (χ0v) is 14.4. The number of halogens is 3. The third-order valence-corrected chi connectivity index (χ3v) is 4.14. The Labute approximate surface area is 157 Å². The van der Waals surface area contributed by atoms with Gasteiger partial charge in [-0.15, -0.1) is 13.2 Å². The minimum Gasteiger partial charge on any atom is -0.482 e. The van der Waals surface area contributed by atoms with Gasteiger partial charge in [-0.2, -0.15) is 0 Å². The summed E-state index contributed by atoms with van der Waals surface area (Å²) >= 11 is 0. The molecule has 1 fully saturated rings. The fourth-order valence-corrected chi connectivity index (χ4v) is 2.88. The molecule has 1 saturated carbocycles. The van der Waals surface area contributed by atoms with Crippen molar-refractivity contribution in [3.63, 3.8) is 0 Å². The van der Waals surface area contributed by atoms with Crippen LogP contribution in [0, 0.1) is 5.92 Å². The molecule has 3 rings (SSSR count). The Morgan fingerprint density at radius 3 is 2.61 bits per heavy atom. The number of hydrogen-bond donors (Lipinski definition) is 2. The van der Waals surface area contributed by atoms with Crippen LogP contribution in [0.15, 0.2) is 48.5 Å². The molecule has 9 heteroatoms. The molecule has 0 saturated heterocycles. The Hall–Kier alpha value is -3.23. The van der Waals surface area contributed by atoms with Crippen molar-refractivity contribution in [3.8, 4) is 11.5 Å². The van der Waals surface area contributed by atoms with Gasteiger partial charge in [0.2, 0.25) is 5.91 Å². The smallest absolute Gasteiger partial charge is 0.482 e. The van der Waals surface area contributed by atoms with E-state index in [2.05, 4.69) is 10.1 Å². The second kappa shape index (κ2) is 7.79. The van der Waals surface area contributed by atoms with E-state index in [1.165, 1.54) is 24.3 Å². The number of carboxylic acid groups (broad SMARTS) is 1. The number of hydrogen-bond acceptors (Lipinski definition) is 4. The maximum absolute atomic E-state index is 12.5. The predicted octanol–water partition coefficient (Wildman–Crippen LogP) is 3.79. The molecule has 0 aliphatic heterocycles. The molecule has 0 radical (unpaired) electrons. The fourth-order valence-electron chi connectivity index (χ4n) is 2.88. The third kappa shape index (κ3) is 5.15. The van der Waals surface area contributed by atoms with Crippen LogP contribution in [-0.4, -0.2) is 30.0 Å². The zero-order chi connectivity index (χ0) is 20.3. The highest BCUT2D eigenvalue weighted by atomic mass is 19.4. The van der Waals surface area contributed by atoms with Crippen LogP contribution in [0.1, 0.15) is 17.9 Å². The molecule has 1 aliphatic rings. The van der Waals surface area contributed by atoms with Gasteiger partial charge in [0.25, 0.3) is 0 Å². The zero-order valence-electron chi connectivity index (χ0n) is 14.4. The molecule has 2 unspecified atom stereocenters. The standard InChI is InChI=1S/C19H16F3NO5/c20-19(21,22)28-16-7-2-1-6-13(16)14-9-15(14)18(26)23-11-4-3-5-12(8-11)27-10-17(24)25/h1-8,14-15H,9-10H2,(H,23,26)(H,24,25). The second-order valence-electron chi connectivity index (χ2n) is 6.23. The number of rotatable bonds is 7. The van der Waals surface area contributed by atoms with Gasteiger partial charge in [0.05, 0.1) is 0 Å². The van der Waals surface area contributed by atoms with E-state index in [1.807, 2.05) is 0 Å². The van der Waals surface area contributed by atoms with Crippen LogP contribution in [0.2, 0.25) is 0 Å². The Bertz CT molecular complexity index is 884. The van der Waals surface area contributed by atoms with E-state index in [-0.39, 0.29) is 23.3 Å². The molecule has 2 aromatic rings. The second-order valence-corrected chi connectivity index (χ2v) is 6.23. The number of ether oxygens (including phenoxy) is 2. The van der Waals surface area contributed by atoms with Gasteiger partial charge in [0.15, 0.2) is 6.61 Å². The Morgan fingerprint density at radius 1 is 1.14 bits per heavy atom. The van der Waals surface area contributed by atoms with E-state index >= 15 is 0 Å². The van der Waals surface area contributed by atoms with E-state index in [9.17, 15) is 22.8 Å². The minimum atomic E-state index is -4.81. The van der Waals surface area contributed by atoms with Crippen LogP contribution in [-0.2, 0) is 9.59 Å². The summed E-state index contributed by atoms with van der Waals surface area (Å²) in [5.74, 6) is -2.36. The summed E-state index contributed by atoms with van der Waals surface area (Å²) in [7, 11) is 0. The van der Waals surface area contributed by atoms with Gasteiger partial charge in [-0.25, -0.2) is 4.79 Å². The van der Waals surface area contributed by atoms with Crippen LogP contribution in [0.4, 0.5) is 18.9 Å². The average Bonchev–Trinajstić information content (AvgIpc) is 3.40. The molecule has 0 aromatic heterocycles. The van der Waals surface area contributed by atoms with Crippen LogP contribution < -0.4 is 14.8 Å². The number of para-hydroxylation sites is 1. The molecule has 6 nitrogen and oxygen atoms in total. The first-order valence-electron chi connectivity index (χ1n) is 8.33. The van der Waals surface area contributed by atoms with Crippen molar-refractivity contribution in [2.45, 2.75) is 18.7 Å². The normalized spacial score (nSPS) is 18.2. The summed E-state index contributed by atoms with van der Waals surface area (Å²) < 4.78 is 46.7. The van der Waals surface area contributed by atoms with Crippen molar-refractivity contribution in [1.29, 1.82) is 0 Å². The molecule has 2 aromatic carbocycles. The number of carbonyl (C=O) groups is 2. The Morgan fingerprint density at radius 2 is 1.89 bits per heavy atom. The number of aliphatic carboxylic acids is 1. The monoisotopic (exact) mass is 395 g/mol. The summed E-state index contributed by atoms with van der Waals surface area (Å²) in [6, 6.07) is 12.0. The summed E-state index contributed by atoms with van der Waals surface area (Å²) in [6.45, 7) is -0.516. The van der Waals surface area contributed by atoms with Crippen molar-refractivity contribution < 1.29 is 37.3 Å². The van der Waals surface area contributed by atoms with E-state index in [4.69, 9.17) is 9.84 Å². The summed E-state index contributed by atoms with van der Waals surface area (Å²) in [4.78, 5) is 23.0. The lowest BCUT2D eigenvalue weighted by atomic mass is 10.1. The van der Waals surface area contributed by atoms with Crippen LogP contribution in [0.5, 0.6) is 11.5 Å². The highest BCUT2D eigenvalue weighted by Gasteiger charge is 2.46. The Kier molecular flexibility index (Phi) is 5.43. The lowest BCUT2D eigenvalue weighted by Crippen LogP contribution is -2.18. The molecular formula is C19H16F3NO5. The van der Waals surface area contributed by atoms with Crippen LogP contribution in [0.3, 0.4) is 0 Å². The maximum Gasteiger partial charge on any atom is 0.573 e. The molecule has 1 amide bonds.